The van der Waals surface area contributed by atoms with Crippen molar-refractivity contribution in [3.8, 4) is 5.88 Å². The smallest absolute Gasteiger partial charge is 0.256 e. The number of nitrogens with one attached hydrogen (secondary N) is 1. The van der Waals surface area contributed by atoms with Crippen LogP contribution in [0.2, 0.25) is 0 Å². The Labute approximate surface area is 157 Å². The van der Waals surface area contributed by atoms with Crippen molar-refractivity contribution in [3.05, 3.63) is 22.9 Å². The molecule has 3 amide bonds. The highest BCUT2D eigenvalue weighted by Gasteiger charge is 2.55. The highest BCUT2D eigenvalue weighted by atomic mass is 16.5. The molecule has 1 aliphatic heterocycles. The number of hydrogen-bond donors (Lipinski definition) is 2. The molecule has 0 radical (unpaired) electrons. The fourth-order valence-electron chi connectivity index (χ4n) is 4.14. The predicted octanol–water partition coefficient (Wildman–Crippen LogP) is 0.870. The summed E-state index contributed by atoms with van der Waals surface area (Å²) in [5, 5.41) is 2.75. The Bertz CT molecular complexity index is 812. The van der Waals surface area contributed by atoms with E-state index in [0.29, 0.717) is 36.4 Å². The molecular formula is C19H24N4O4. The summed E-state index contributed by atoms with van der Waals surface area (Å²) in [5.41, 5.74) is 6.17. The van der Waals surface area contributed by atoms with Crippen LogP contribution in [0.4, 0.5) is 0 Å². The summed E-state index contributed by atoms with van der Waals surface area (Å²) in [6, 6.07) is 2.04. The van der Waals surface area contributed by atoms with Crippen LogP contribution in [-0.4, -0.2) is 40.8 Å². The largest absolute Gasteiger partial charge is 0.481 e. The van der Waals surface area contributed by atoms with E-state index >= 15 is 0 Å². The number of carbonyl (C=O) groups is 3. The number of ether oxygens (including phenoxy) is 1. The molecule has 3 aliphatic rings. The Balaban J connectivity index is 1.52. The molecule has 2 aliphatic carbocycles. The molecule has 0 bridgehead atoms. The minimum absolute atomic E-state index is 0.00423. The van der Waals surface area contributed by atoms with Crippen LogP contribution in [0, 0.1) is 5.41 Å². The maximum Gasteiger partial charge on any atom is 0.256 e. The zero-order valence-corrected chi connectivity index (χ0v) is 15.4. The van der Waals surface area contributed by atoms with Gasteiger partial charge in [0.1, 0.15) is 5.41 Å². The van der Waals surface area contributed by atoms with E-state index in [9.17, 15) is 14.4 Å². The van der Waals surface area contributed by atoms with Crippen LogP contribution in [0.5, 0.6) is 5.88 Å². The second kappa shape index (κ2) is 6.51. The molecule has 1 aromatic rings. The van der Waals surface area contributed by atoms with E-state index in [1.54, 1.807) is 6.07 Å². The maximum absolute atomic E-state index is 12.8. The Kier molecular flexibility index (Phi) is 4.28. The van der Waals surface area contributed by atoms with Crippen LogP contribution in [0.3, 0.4) is 0 Å². The van der Waals surface area contributed by atoms with Gasteiger partial charge in [-0.15, -0.1) is 0 Å². The van der Waals surface area contributed by atoms with Gasteiger partial charge in [0.25, 0.3) is 5.91 Å². The van der Waals surface area contributed by atoms with E-state index in [1.165, 1.54) is 7.11 Å². The van der Waals surface area contributed by atoms with Crippen LogP contribution in [-0.2, 0) is 22.7 Å². The predicted molar refractivity (Wildman–Crippen MR) is 95.6 cm³/mol. The van der Waals surface area contributed by atoms with Crippen molar-refractivity contribution in [1.82, 2.24) is 15.2 Å². The molecule has 2 saturated carbocycles. The van der Waals surface area contributed by atoms with Gasteiger partial charge < -0.3 is 20.7 Å². The molecule has 0 aromatic carbocycles. The van der Waals surface area contributed by atoms with Crippen LogP contribution in [0.15, 0.2) is 6.07 Å². The summed E-state index contributed by atoms with van der Waals surface area (Å²) in [6.45, 7) is 0.640. The highest BCUT2D eigenvalue weighted by Crippen LogP contribution is 2.45. The number of nitrogens with two attached hydrogens (primary N) is 1. The normalized spacial score (nSPS) is 20.5. The Morgan fingerprint density at radius 1 is 1.37 bits per heavy atom. The third-order valence-electron chi connectivity index (χ3n) is 6.01. The fourth-order valence-corrected chi connectivity index (χ4v) is 4.14. The topological polar surface area (TPSA) is 115 Å². The Hall–Kier alpha value is -2.64. The molecule has 3 N–H and O–H groups in total. The van der Waals surface area contributed by atoms with E-state index < -0.39 is 11.3 Å². The zero-order chi connectivity index (χ0) is 19.2. The van der Waals surface area contributed by atoms with Crippen molar-refractivity contribution in [2.75, 3.05) is 7.11 Å². The molecule has 2 heterocycles. The van der Waals surface area contributed by atoms with E-state index in [0.717, 1.165) is 31.4 Å². The number of methoxy groups -OCH3 is 1. The van der Waals surface area contributed by atoms with Crippen molar-refractivity contribution in [2.24, 2.45) is 11.1 Å². The Morgan fingerprint density at radius 2 is 2.07 bits per heavy atom. The van der Waals surface area contributed by atoms with Gasteiger partial charge in [-0.2, -0.15) is 0 Å². The van der Waals surface area contributed by atoms with Crippen molar-refractivity contribution in [3.63, 3.8) is 0 Å². The van der Waals surface area contributed by atoms with Crippen molar-refractivity contribution < 1.29 is 19.1 Å². The van der Waals surface area contributed by atoms with E-state index in [1.807, 2.05) is 4.90 Å². The lowest BCUT2D eigenvalue weighted by Crippen LogP contribution is -2.40. The second-order valence-electron chi connectivity index (χ2n) is 7.65. The fraction of sp³-hybridized carbons (Fsp3) is 0.579. The molecule has 8 heteroatoms. The lowest BCUT2D eigenvalue weighted by molar-refractivity contribution is -0.135. The molecule has 0 spiro atoms. The third kappa shape index (κ3) is 2.93. The van der Waals surface area contributed by atoms with Gasteiger partial charge in [0.05, 0.1) is 24.9 Å². The summed E-state index contributed by atoms with van der Waals surface area (Å²) in [4.78, 5) is 43.0. The van der Waals surface area contributed by atoms with E-state index in [4.69, 9.17) is 10.5 Å². The first-order valence-electron chi connectivity index (χ1n) is 9.42. The van der Waals surface area contributed by atoms with Gasteiger partial charge in [-0.1, -0.05) is 12.8 Å². The number of hydrogen-bond acceptors (Lipinski definition) is 5. The van der Waals surface area contributed by atoms with Gasteiger partial charge in [-0.05, 0) is 31.7 Å². The monoisotopic (exact) mass is 372 g/mol. The van der Waals surface area contributed by atoms with E-state index in [2.05, 4.69) is 10.3 Å². The average Bonchev–Trinajstić information content (AvgIpc) is 3.19. The zero-order valence-electron chi connectivity index (χ0n) is 15.4. The second-order valence-corrected chi connectivity index (χ2v) is 7.65. The first kappa shape index (κ1) is 17.8. The molecule has 1 aromatic heterocycles. The highest BCUT2D eigenvalue weighted by molar-refractivity contribution is 6.07. The van der Waals surface area contributed by atoms with Gasteiger partial charge in [0.15, 0.2) is 0 Å². The molecule has 27 heavy (non-hydrogen) atoms. The van der Waals surface area contributed by atoms with Gasteiger partial charge >= 0.3 is 0 Å². The first-order chi connectivity index (χ1) is 13.0. The van der Waals surface area contributed by atoms with Crippen LogP contribution in [0.1, 0.15) is 60.1 Å². The van der Waals surface area contributed by atoms with Crippen LogP contribution >= 0.6 is 0 Å². The van der Waals surface area contributed by atoms with Gasteiger partial charge in [0, 0.05) is 18.2 Å². The van der Waals surface area contributed by atoms with Crippen LogP contribution in [0.25, 0.3) is 0 Å². The lowest BCUT2D eigenvalue weighted by atomic mass is 10.1. The van der Waals surface area contributed by atoms with Crippen molar-refractivity contribution >= 4 is 17.7 Å². The maximum atomic E-state index is 12.8. The van der Waals surface area contributed by atoms with Crippen LogP contribution < -0.4 is 15.8 Å². The summed E-state index contributed by atoms with van der Waals surface area (Å²) in [5.74, 6) is -0.590. The number of amides is 3. The molecule has 4 rings (SSSR count). The summed E-state index contributed by atoms with van der Waals surface area (Å²) >= 11 is 0. The molecule has 8 nitrogen and oxygen atoms in total. The quantitative estimate of drug-likeness (QED) is 0.719. The molecule has 0 unspecified atom stereocenters. The number of fused-ring (bicyclic) bond motifs is 1. The molecule has 0 saturated heterocycles. The minimum atomic E-state index is -1.08. The number of nitrogens with zero attached hydrogens (tertiary/aromatic N) is 2. The minimum Gasteiger partial charge on any atom is -0.481 e. The van der Waals surface area contributed by atoms with Gasteiger partial charge in [-0.25, -0.2) is 4.98 Å². The number of rotatable bonds is 6. The van der Waals surface area contributed by atoms with Gasteiger partial charge in [0.2, 0.25) is 17.7 Å². The molecular weight excluding hydrogens is 348 g/mol. The lowest BCUT2D eigenvalue weighted by Gasteiger charge is -2.22. The van der Waals surface area contributed by atoms with Crippen molar-refractivity contribution in [2.45, 2.75) is 57.7 Å². The number of primary amides is 1. The molecule has 0 atom stereocenters. The molecule has 2 fully saturated rings. The summed E-state index contributed by atoms with van der Waals surface area (Å²) in [7, 11) is 1.51. The summed E-state index contributed by atoms with van der Waals surface area (Å²) < 4.78 is 5.36. The number of pyridine rings is 1. The number of aromatic nitrogens is 1. The first-order valence-corrected chi connectivity index (χ1v) is 9.42. The van der Waals surface area contributed by atoms with Gasteiger partial charge in [-0.3, -0.25) is 14.4 Å². The third-order valence-corrected chi connectivity index (χ3v) is 6.01. The van der Waals surface area contributed by atoms with Crippen molar-refractivity contribution in [1.29, 1.82) is 0 Å². The SMILES string of the molecule is COc1nc2c(cc1CNC(=O)C1(C(N)=O)CC1)C(=O)N(C1CCCC1)C2. The average molecular weight is 372 g/mol. The van der Waals surface area contributed by atoms with E-state index in [-0.39, 0.29) is 24.4 Å². The Morgan fingerprint density at radius 3 is 2.67 bits per heavy atom. The summed E-state index contributed by atoms with van der Waals surface area (Å²) in [6.07, 6.45) is 5.33. The standard InChI is InChI=1S/C19H24N4O4/c1-27-15-11(9-21-18(26)19(6-7-19)17(20)25)8-13-14(22-15)10-23(16(13)24)12-4-2-3-5-12/h8,12H,2-7,9-10H2,1H3,(H2,20,25)(H,21,26). The molecule has 144 valence electrons. The number of carbonyl (C=O) groups excluding carboxylic acids is 3.